The molecule has 3 aliphatic heterocycles. The minimum Gasteiger partial charge on any atom is -0.431 e. The van der Waals surface area contributed by atoms with Crippen LogP contribution >= 0.6 is 0 Å². The van der Waals surface area contributed by atoms with E-state index < -0.39 is 11.8 Å². The molecule has 16 nitrogen and oxygen atoms in total. The van der Waals surface area contributed by atoms with Crippen molar-refractivity contribution in [3.8, 4) is 22.9 Å². The van der Waals surface area contributed by atoms with Crippen LogP contribution in [0.1, 0.15) is 43.1 Å². The molecular weight excluding hydrogens is 1530 g/mol. The number of carbonyl (C=O) groups is 3. The van der Waals surface area contributed by atoms with Gasteiger partial charge in [-0.1, -0.05) is 274 Å². The van der Waals surface area contributed by atoms with Gasteiger partial charge in [0.1, 0.15) is 0 Å². The maximum atomic E-state index is 12.1. The van der Waals surface area contributed by atoms with E-state index in [1.807, 2.05) is 109 Å². The first-order chi connectivity index (χ1) is 61.2. The molecule has 124 heavy (non-hydrogen) atoms. The van der Waals surface area contributed by atoms with Gasteiger partial charge in [0, 0.05) is 120 Å². The van der Waals surface area contributed by atoms with Crippen LogP contribution < -0.4 is 15.1 Å². The summed E-state index contributed by atoms with van der Waals surface area (Å²) in [5.74, 6) is 0.225. The third-order valence-electron chi connectivity index (χ3n) is 20.9. The summed E-state index contributed by atoms with van der Waals surface area (Å²) in [5, 5.41) is 38.7. The Balaban J connectivity index is 0.000000107. The molecule has 0 saturated heterocycles. The molecule has 17 aromatic carbocycles. The van der Waals surface area contributed by atoms with Crippen LogP contribution in [0.5, 0.6) is 0 Å². The van der Waals surface area contributed by atoms with E-state index in [1.54, 1.807) is 36.7 Å². The first-order valence-corrected chi connectivity index (χ1v) is 40.5. The lowest BCUT2D eigenvalue weighted by Crippen LogP contribution is -2.35. The van der Waals surface area contributed by atoms with E-state index in [2.05, 4.69) is 346 Å². The van der Waals surface area contributed by atoms with Crippen LogP contribution in [0.25, 0.3) is 104 Å². The smallest absolute Gasteiger partial charge is 0.258 e. The molecule has 2 amide bonds. The number of aromatic nitrogens is 5. The molecule has 0 saturated carbocycles. The van der Waals surface area contributed by atoms with Crippen molar-refractivity contribution in [3.63, 3.8) is 0 Å². The van der Waals surface area contributed by atoms with E-state index in [0.717, 1.165) is 46.7 Å². The maximum Gasteiger partial charge on any atom is 0.258 e. The van der Waals surface area contributed by atoms with Gasteiger partial charge in [-0.15, -0.1) is 20.4 Å². The van der Waals surface area contributed by atoms with Crippen molar-refractivity contribution in [2.24, 2.45) is 22.3 Å². The predicted molar refractivity (Wildman–Crippen MR) is 505 cm³/mol. The van der Waals surface area contributed by atoms with Gasteiger partial charge in [-0.2, -0.15) is 10.2 Å². The van der Waals surface area contributed by atoms with Crippen LogP contribution in [-0.4, -0.2) is 61.9 Å². The molecule has 1 aliphatic carbocycles. The Morgan fingerprint density at radius 1 is 0.363 bits per heavy atom. The zero-order valence-electron chi connectivity index (χ0n) is 67.8. The highest BCUT2D eigenvalue weighted by atomic mass is 16.4. The van der Waals surface area contributed by atoms with Crippen LogP contribution in [-0.2, 0) is 7.05 Å². The number of azo groups is 1. The number of hydrogen-bond acceptors (Lipinski definition) is 14. The molecule has 0 unspecified atom stereocenters. The Kier molecular flexibility index (Phi) is 25.9. The van der Waals surface area contributed by atoms with Gasteiger partial charge in [-0.3, -0.25) is 24.7 Å². The molecular formula is C108H83N11O5. The molecule has 20 aromatic rings. The van der Waals surface area contributed by atoms with E-state index in [1.165, 1.54) is 100 Å². The molecule has 0 spiro atoms. The number of para-hydroxylation sites is 7. The second-order valence-corrected chi connectivity index (χ2v) is 28.8. The summed E-state index contributed by atoms with van der Waals surface area (Å²) in [4.78, 5) is 44.4. The standard InChI is InChI=1S/C22H17N.C18H15N.C16H9NO3.C16H10.C14H10N2O.C13H11N.C4H5N.C3H4N2.C2H2N2O/c1-3-11-20(12-4-1)23(21-13-5-2-6-14-21)22-16-15-18-9-7-8-10-19(18)17-22;1-4-10-16(11-5-1)19(17-12-6-2-7-13-17)18-14-8-3-9-15-18;1-7-6-12(18)9-3-5-11-14-10(15(19)17-16(11)20)4-2-8(7)13(9)14;1-3-11-7-9-13-5-2-6-14-10-8-12(4-1)15(11)16(13)14;1-3-7-11(8-4-1)13-15-16-14(17-13)12-9-5-2-6-10-12;1-14-12-8-4-2-6-10(12)11-7-3-5-9-13(11)14;2*1-2-4-5-3-1;1-3-4-2-5-1/h1-17H;1-15H;2-5H,1,6H2,(H,17,19,20);1-10H;1-10H;2-9H,1H3;1-3H,4H2;1-2H,3H2;1-2H. The van der Waals surface area contributed by atoms with Crippen molar-refractivity contribution in [3.05, 3.63) is 454 Å². The van der Waals surface area contributed by atoms with Crippen LogP contribution in [0.15, 0.2) is 456 Å². The van der Waals surface area contributed by atoms with Crippen molar-refractivity contribution in [1.82, 2.24) is 30.3 Å². The van der Waals surface area contributed by atoms with Crippen LogP contribution in [0.4, 0.5) is 34.1 Å². The number of nitrogens with one attached hydrogen (secondary N) is 1. The lowest BCUT2D eigenvalue weighted by Gasteiger charge is -2.25. The fourth-order valence-electron chi connectivity index (χ4n) is 15.2. The summed E-state index contributed by atoms with van der Waals surface area (Å²) in [7, 11) is 2.12. The highest BCUT2D eigenvalue weighted by molar-refractivity contribution is 6.31. The summed E-state index contributed by atoms with van der Waals surface area (Å²) in [6, 6.07) is 132. The van der Waals surface area contributed by atoms with Gasteiger partial charge < -0.3 is 23.2 Å². The average molecular weight is 1610 g/mol. The number of anilines is 6. The van der Waals surface area contributed by atoms with E-state index in [0.29, 0.717) is 39.2 Å². The lowest BCUT2D eigenvalue weighted by molar-refractivity contribution is 0.0843. The number of hydrogen-bond donors (Lipinski definition) is 1. The highest BCUT2D eigenvalue weighted by Crippen LogP contribution is 2.42. The quantitative estimate of drug-likeness (QED) is 0.113. The third-order valence-corrected chi connectivity index (χ3v) is 20.9. The third kappa shape index (κ3) is 19.0. The lowest BCUT2D eigenvalue weighted by atomic mass is 9.81. The molecule has 0 fully saturated rings. The topological polar surface area (TPSA) is 190 Å². The summed E-state index contributed by atoms with van der Waals surface area (Å²) in [5.41, 5.74) is 14.5. The number of rotatable bonds is 8. The predicted octanol–water partition coefficient (Wildman–Crippen LogP) is 26.8. The van der Waals surface area contributed by atoms with Gasteiger partial charge in [-0.25, -0.2) is 0 Å². The minimum absolute atomic E-state index is 0.0235. The molecule has 1 N–H and O–H groups in total. The minimum atomic E-state index is -0.421. The number of imide groups is 1. The van der Waals surface area contributed by atoms with E-state index >= 15 is 0 Å². The van der Waals surface area contributed by atoms with Gasteiger partial charge in [-0.05, 0) is 194 Å². The molecule has 4 aliphatic rings. The zero-order valence-corrected chi connectivity index (χ0v) is 67.8. The SMILES string of the molecule is C1=CCN=C1.C1=CN=NC1.C=C1CC(=O)c2ccc3c4c(ccc1c24)C(=O)NC3=O.Cn1c2ccccc2c2ccccc21.c1cc2ccc3cccc4ccc(c1)c2c34.c1ccc(-c2nnc(-c3ccccc3)o2)cc1.c1ccc(N(c2ccccc2)c2ccc3ccccc3c2)cc1.c1ccc(N(c2ccccc2)c2ccccc2)cc1.c1nnco1. The van der Waals surface area contributed by atoms with Crippen molar-refractivity contribution in [2.45, 2.75) is 6.42 Å². The number of ketones is 1. The first-order valence-electron chi connectivity index (χ1n) is 40.5. The van der Waals surface area contributed by atoms with Gasteiger partial charge in [0.2, 0.25) is 24.6 Å². The van der Waals surface area contributed by atoms with Gasteiger partial charge in [0.15, 0.2) is 5.78 Å². The molecule has 24 rings (SSSR count). The molecule has 0 atom stereocenters. The normalized spacial score (nSPS) is 12.1. The second-order valence-electron chi connectivity index (χ2n) is 28.8. The fraction of sp³-hybridized carbons (Fsp3) is 0.0370. The van der Waals surface area contributed by atoms with Crippen LogP contribution in [0, 0.1) is 0 Å². The van der Waals surface area contributed by atoms with Crippen LogP contribution in [0.3, 0.4) is 0 Å². The molecule has 16 heteroatoms. The molecule has 0 bridgehead atoms. The Hall–Kier alpha value is -16.7. The number of benzene rings is 17. The number of aryl methyl sites for hydroxylation is 1. The number of fused-ring (bicyclic) bond motifs is 4. The summed E-state index contributed by atoms with van der Waals surface area (Å²) in [6.07, 6.45) is 12.2. The monoisotopic (exact) mass is 1610 g/mol. The Labute approximate surface area is 717 Å². The number of carbonyl (C=O) groups excluding carboxylic acids is 3. The molecule has 600 valence electrons. The summed E-state index contributed by atoms with van der Waals surface area (Å²) >= 11 is 0. The van der Waals surface area contributed by atoms with E-state index in [4.69, 9.17) is 4.42 Å². The van der Waals surface area contributed by atoms with Gasteiger partial charge >= 0.3 is 0 Å². The zero-order chi connectivity index (χ0) is 84.6. The molecule has 3 aromatic heterocycles. The average Bonchev–Trinajstić information content (AvgIpc) is 0.876. The van der Waals surface area contributed by atoms with E-state index in [-0.39, 0.29) is 12.2 Å². The van der Waals surface area contributed by atoms with E-state index in [9.17, 15) is 14.4 Å². The van der Waals surface area contributed by atoms with Crippen molar-refractivity contribution in [2.75, 3.05) is 22.9 Å². The molecule has 6 heterocycles. The fourth-order valence-corrected chi connectivity index (χ4v) is 15.2. The van der Waals surface area contributed by atoms with Crippen molar-refractivity contribution >= 4 is 139 Å². The Morgan fingerprint density at radius 2 is 0.750 bits per heavy atom. The first kappa shape index (κ1) is 81.0. The highest BCUT2D eigenvalue weighted by Gasteiger charge is 2.31. The van der Waals surface area contributed by atoms with Gasteiger partial charge in [0.25, 0.3) is 11.8 Å². The Morgan fingerprint density at radius 3 is 1.15 bits per heavy atom. The largest absolute Gasteiger partial charge is 0.431 e. The van der Waals surface area contributed by atoms with Crippen molar-refractivity contribution in [1.29, 1.82) is 0 Å². The maximum absolute atomic E-state index is 12.1. The molecule has 0 radical (unpaired) electrons. The Bertz CT molecular complexity index is 6580. The number of Topliss-reactive ketones (excluding diaryl/α,β-unsaturated/α-hetero) is 1. The number of amides is 2. The summed E-state index contributed by atoms with van der Waals surface area (Å²) in [6.45, 7) is 5.59. The van der Waals surface area contributed by atoms with Gasteiger partial charge in [0.05, 0.1) is 13.1 Å². The van der Waals surface area contributed by atoms with Crippen LogP contribution in [0.2, 0.25) is 0 Å². The number of aliphatic imine (C=N–C) groups is 1. The summed E-state index contributed by atoms with van der Waals surface area (Å²) < 4.78 is 12.2. The van der Waals surface area contributed by atoms with Crippen molar-refractivity contribution < 1.29 is 23.2 Å². The number of allylic oxidation sites excluding steroid dienone is 2. The number of nitrogens with zero attached hydrogens (tertiary/aromatic N) is 10. The second kappa shape index (κ2) is 39.7.